The minimum atomic E-state index is -0.261. The Kier molecular flexibility index (Phi) is 4.90. The number of ether oxygens (including phenoxy) is 1. The first-order chi connectivity index (χ1) is 9.17. The van der Waals surface area contributed by atoms with Gasteiger partial charge in [-0.25, -0.2) is 4.98 Å². The molecule has 2 N–H and O–H groups in total. The van der Waals surface area contributed by atoms with E-state index in [1.54, 1.807) is 18.3 Å². The van der Waals surface area contributed by atoms with Gasteiger partial charge >= 0.3 is 0 Å². The number of rotatable bonds is 4. The summed E-state index contributed by atoms with van der Waals surface area (Å²) in [4.78, 5) is 16.1. The van der Waals surface area contributed by atoms with Crippen LogP contribution in [0.1, 0.15) is 23.2 Å². The summed E-state index contributed by atoms with van der Waals surface area (Å²) in [6, 6.07) is 3.43. The summed E-state index contributed by atoms with van der Waals surface area (Å²) in [6.07, 6.45) is 3.14. The van der Waals surface area contributed by atoms with E-state index in [0.29, 0.717) is 29.9 Å². The lowest BCUT2D eigenvalue weighted by Gasteiger charge is -2.35. The zero-order chi connectivity index (χ0) is 13.7. The van der Waals surface area contributed by atoms with Crippen molar-refractivity contribution < 1.29 is 14.6 Å². The van der Waals surface area contributed by atoms with Crippen LogP contribution >= 0.6 is 15.9 Å². The number of pyridine rings is 1. The van der Waals surface area contributed by atoms with Crippen LogP contribution < -0.4 is 5.32 Å². The van der Waals surface area contributed by atoms with Crippen LogP contribution in [-0.4, -0.2) is 42.4 Å². The molecular formula is C13H17BrN2O3. The normalized spacial score (nSPS) is 18.0. The molecule has 1 fully saturated rings. The van der Waals surface area contributed by atoms with Crippen molar-refractivity contribution in [2.24, 2.45) is 5.41 Å². The van der Waals surface area contributed by atoms with E-state index >= 15 is 0 Å². The Hall–Kier alpha value is -0.980. The van der Waals surface area contributed by atoms with Crippen molar-refractivity contribution in [3.63, 3.8) is 0 Å². The molecule has 2 heterocycles. The molecule has 104 valence electrons. The first kappa shape index (κ1) is 14.4. The largest absolute Gasteiger partial charge is 0.396 e. The summed E-state index contributed by atoms with van der Waals surface area (Å²) in [7, 11) is 0. The maximum Gasteiger partial charge on any atom is 0.254 e. The first-order valence-electron chi connectivity index (χ1n) is 6.24. The summed E-state index contributed by atoms with van der Waals surface area (Å²) in [6.45, 7) is 1.78. The Morgan fingerprint density at radius 2 is 2.26 bits per heavy atom. The van der Waals surface area contributed by atoms with E-state index in [2.05, 4.69) is 26.2 Å². The van der Waals surface area contributed by atoms with E-state index in [4.69, 9.17) is 4.74 Å². The van der Waals surface area contributed by atoms with Crippen LogP contribution in [0.2, 0.25) is 0 Å². The summed E-state index contributed by atoms with van der Waals surface area (Å²) < 4.78 is 5.82. The Morgan fingerprint density at radius 1 is 1.53 bits per heavy atom. The molecule has 0 bridgehead atoms. The number of carbonyl (C=O) groups excluding carboxylic acids is 1. The highest BCUT2D eigenvalue weighted by molar-refractivity contribution is 9.10. The van der Waals surface area contributed by atoms with Crippen LogP contribution in [0.3, 0.4) is 0 Å². The molecule has 0 aromatic carbocycles. The smallest absolute Gasteiger partial charge is 0.254 e. The van der Waals surface area contributed by atoms with E-state index < -0.39 is 0 Å². The molecule has 1 aliphatic rings. The predicted molar refractivity (Wildman–Crippen MR) is 73.8 cm³/mol. The van der Waals surface area contributed by atoms with Gasteiger partial charge in [0.2, 0.25) is 0 Å². The Morgan fingerprint density at radius 3 is 2.89 bits per heavy atom. The van der Waals surface area contributed by atoms with E-state index in [1.165, 1.54) is 0 Å². The van der Waals surface area contributed by atoms with Crippen LogP contribution in [0.4, 0.5) is 0 Å². The number of nitrogens with zero attached hydrogens (tertiary/aromatic N) is 1. The maximum atomic E-state index is 12.1. The zero-order valence-electron chi connectivity index (χ0n) is 10.6. The van der Waals surface area contributed by atoms with E-state index in [-0.39, 0.29) is 17.9 Å². The zero-order valence-corrected chi connectivity index (χ0v) is 12.1. The number of aromatic nitrogens is 1. The number of hydrogen-bond acceptors (Lipinski definition) is 4. The molecule has 0 atom stereocenters. The van der Waals surface area contributed by atoms with Gasteiger partial charge in [-0.2, -0.15) is 0 Å². The molecule has 2 rings (SSSR count). The minimum absolute atomic E-state index is 0.0604. The van der Waals surface area contributed by atoms with E-state index in [1.807, 2.05) is 0 Å². The molecule has 1 saturated heterocycles. The summed E-state index contributed by atoms with van der Waals surface area (Å²) in [5.74, 6) is -0.181. The lowest BCUT2D eigenvalue weighted by molar-refractivity contribution is -0.0146. The highest BCUT2D eigenvalue weighted by Gasteiger charge is 2.32. The van der Waals surface area contributed by atoms with Gasteiger partial charge in [-0.15, -0.1) is 0 Å². The van der Waals surface area contributed by atoms with E-state index in [9.17, 15) is 9.90 Å². The third kappa shape index (κ3) is 3.52. The molecule has 0 radical (unpaired) electrons. The third-order valence-electron chi connectivity index (χ3n) is 3.52. The molecule has 1 aromatic heterocycles. The van der Waals surface area contributed by atoms with Crippen LogP contribution in [0.5, 0.6) is 0 Å². The third-order valence-corrected chi connectivity index (χ3v) is 4.15. The fourth-order valence-corrected chi connectivity index (χ4v) is 2.54. The highest BCUT2D eigenvalue weighted by Crippen LogP contribution is 2.29. The van der Waals surface area contributed by atoms with Gasteiger partial charge in [0, 0.05) is 31.4 Å². The number of hydrogen-bond donors (Lipinski definition) is 2. The first-order valence-corrected chi connectivity index (χ1v) is 7.03. The maximum absolute atomic E-state index is 12.1. The van der Waals surface area contributed by atoms with Gasteiger partial charge in [-0.3, -0.25) is 4.79 Å². The van der Waals surface area contributed by atoms with Gasteiger partial charge in [0.15, 0.2) is 0 Å². The molecular weight excluding hydrogens is 312 g/mol. The molecule has 0 unspecified atom stereocenters. The number of aliphatic hydroxyl groups excluding tert-OH is 1. The fourth-order valence-electron chi connectivity index (χ4n) is 2.11. The molecule has 0 saturated carbocycles. The molecule has 0 spiro atoms. The number of halogens is 1. The second-order valence-corrected chi connectivity index (χ2v) is 5.55. The fraction of sp³-hybridized carbons (Fsp3) is 0.538. The summed E-state index contributed by atoms with van der Waals surface area (Å²) in [5, 5.41) is 12.4. The Balaban J connectivity index is 1.98. The highest BCUT2D eigenvalue weighted by atomic mass is 79.9. The van der Waals surface area contributed by atoms with Gasteiger partial charge in [0.1, 0.15) is 4.60 Å². The number of carbonyl (C=O) groups is 1. The Labute approximate surface area is 120 Å². The molecule has 19 heavy (non-hydrogen) atoms. The van der Waals surface area contributed by atoms with Gasteiger partial charge in [0.05, 0.1) is 12.2 Å². The van der Waals surface area contributed by atoms with Gasteiger partial charge in [-0.05, 0) is 40.9 Å². The van der Waals surface area contributed by atoms with Crippen molar-refractivity contribution in [1.82, 2.24) is 10.3 Å². The van der Waals surface area contributed by atoms with Crippen molar-refractivity contribution in [3.05, 3.63) is 28.5 Å². The molecule has 0 aliphatic carbocycles. The topological polar surface area (TPSA) is 71.5 Å². The summed E-state index contributed by atoms with van der Waals surface area (Å²) >= 11 is 3.25. The van der Waals surface area contributed by atoms with E-state index in [0.717, 1.165) is 12.8 Å². The molecule has 1 amide bonds. The van der Waals surface area contributed by atoms with Crippen molar-refractivity contribution in [2.75, 3.05) is 26.4 Å². The second-order valence-electron chi connectivity index (χ2n) is 4.79. The summed E-state index contributed by atoms with van der Waals surface area (Å²) in [5.41, 5.74) is 0.241. The SMILES string of the molecule is O=C(NCC1(CO)CCOCC1)c1cccnc1Br. The van der Waals surface area contributed by atoms with Gasteiger partial charge in [0.25, 0.3) is 5.91 Å². The van der Waals surface area contributed by atoms with Crippen molar-refractivity contribution >= 4 is 21.8 Å². The molecule has 1 aromatic rings. The van der Waals surface area contributed by atoms with Crippen LogP contribution in [-0.2, 0) is 4.74 Å². The lowest BCUT2D eigenvalue weighted by atomic mass is 9.81. The van der Waals surface area contributed by atoms with Gasteiger partial charge < -0.3 is 15.2 Å². The monoisotopic (exact) mass is 328 g/mol. The molecule has 6 heteroatoms. The quantitative estimate of drug-likeness (QED) is 0.819. The number of amides is 1. The molecule has 1 aliphatic heterocycles. The van der Waals surface area contributed by atoms with Crippen LogP contribution in [0.15, 0.2) is 22.9 Å². The van der Waals surface area contributed by atoms with Crippen molar-refractivity contribution in [3.8, 4) is 0 Å². The average molecular weight is 329 g/mol. The minimum Gasteiger partial charge on any atom is -0.396 e. The number of aliphatic hydroxyl groups is 1. The predicted octanol–water partition coefficient (Wildman–Crippen LogP) is 1.36. The van der Waals surface area contributed by atoms with Crippen LogP contribution in [0.25, 0.3) is 0 Å². The standard InChI is InChI=1S/C13H17BrN2O3/c14-11-10(2-1-5-15-11)12(18)16-8-13(9-17)3-6-19-7-4-13/h1-2,5,17H,3-4,6-9H2,(H,16,18). The second kappa shape index (κ2) is 6.45. The Bertz CT molecular complexity index is 447. The van der Waals surface area contributed by atoms with Gasteiger partial charge in [-0.1, -0.05) is 0 Å². The number of nitrogens with one attached hydrogen (secondary N) is 1. The van der Waals surface area contributed by atoms with Crippen molar-refractivity contribution in [1.29, 1.82) is 0 Å². The van der Waals surface area contributed by atoms with Crippen LogP contribution in [0, 0.1) is 5.41 Å². The van der Waals surface area contributed by atoms with Crippen molar-refractivity contribution in [2.45, 2.75) is 12.8 Å². The average Bonchev–Trinajstić information content (AvgIpc) is 2.46. The molecule has 5 nitrogen and oxygen atoms in total. The lowest BCUT2D eigenvalue weighted by Crippen LogP contribution is -2.43.